The Balaban J connectivity index is 1.49. The van der Waals surface area contributed by atoms with Crippen molar-refractivity contribution in [1.82, 2.24) is 9.97 Å². The van der Waals surface area contributed by atoms with Gasteiger partial charge in [-0.3, -0.25) is 9.59 Å². The van der Waals surface area contributed by atoms with Crippen molar-refractivity contribution in [3.05, 3.63) is 47.6 Å². The fourth-order valence-corrected chi connectivity index (χ4v) is 3.57. The van der Waals surface area contributed by atoms with Gasteiger partial charge in [-0.05, 0) is 23.6 Å². The number of halogens is 2. The molecule has 134 valence electrons. The summed E-state index contributed by atoms with van der Waals surface area (Å²) < 4.78 is 31.7. The zero-order chi connectivity index (χ0) is 18.5. The molecule has 0 unspecified atom stereocenters. The van der Waals surface area contributed by atoms with Crippen LogP contribution in [0.5, 0.6) is 0 Å². The van der Waals surface area contributed by atoms with Gasteiger partial charge >= 0.3 is 5.97 Å². The summed E-state index contributed by atoms with van der Waals surface area (Å²) in [4.78, 5) is 32.5. The number of hydrogen-bond acceptors (Lipinski definition) is 7. The van der Waals surface area contributed by atoms with Gasteiger partial charge in [0, 0.05) is 5.39 Å². The van der Waals surface area contributed by atoms with Crippen LogP contribution in [0.4, 0.5) is 14.5 Å². The molecule has 0 saturated heterocycles. The van der Waals surface area contributed by atoms with Gasteiger partial charge in [-0.1, -0.05) is 17.8 Å². The number of benzene rings is 1. The molecular formula is C16H11F2N3O3S2. The molecular weight excluding hydrogens is 384 g/mol. The number of hydrogen-bond donors (Lipinski definition) is 1. The van der Waals surface area contributed by atoms with E-state index < -0.39 is 35.8 Å². The standard InChI is InChI=1S/C16H11F2N3O3S2/c17-10-2-1-3-11(18)14(10)21-12(22)6-24-13(23)7-26-16-9-4-5-25-15(9)19-8-20-16/h1-5,8H,6-7H2,(H,21,22). The second-order valence-corrected chi connectivity index (χ2v) is 6.77. The monoisotopic (exact) mass is 395 g/mol. The van der Waals surface area contributed by atoms with Crippen molar-refractivity contribution >= 4 is 50.9 Å². The van der Waals surface area contributed by atoms with Gasteiger partial charge in [-0.15, -0.1) is 11.3 Å². The van der Waals surface area contributed by atoms with Crippen molar-refractivity contribution in [3.8, 4) is 0 Å². The van der Waals surface area contributed by atoms with Crippen LogP contribution in [0.3, 0.4) is 0 Å². The number of anilines is 1. The summed E-state index contributed by atoms with van der Waals surface area (Å²) in [5.41, 5.74) is -0.580. The number of aromatic nitrogens is 2. The van der Waals surface area contributed by atoms with Crippen LogP contribution in [0.2, 0.25) is 0 Å². The summed E-state index contributed by atoms with van der Waals surface area (Å²) >= 11 is 2.61. The van der Waals surface area contributed by atoms with Crippen LogP contribution in [0, 0.1) is 11.6 Å². The summed E-state index contributed by atoms with van der Waals surface area (Å²) in [5.74, 6) is -3.38. The number of fused-ring (bicyclic) bond motifs is 1. The highest BCUT2D eigenvalue weighted by Gasteiger charge is 2.14. The van der Waals surface area contributed by atoms with Crippen LogP contribution in [0.15, 0.2) is 41.0 Å². The predicted molar refractivity (Wildman–Crippen MR) is 94.1 cm³/mol. The van der Waals surface area contributed by atoms with E-state index in [1.54, 1.807) is 0 Å². The molecule has 0 atom stereocenters. The minimum atomic E-state index is -0.913. The molecule has 0 fully saturated rings. The largest absolute Gasteiger partial charge is 0.455 e. The number of nitrogens with zero attached hydrogens (tertiary/aromatic N) is 2. The molecule has 0 aliphatic heterocycles. The van der Waals surface area contributed by atoms with Crippen LogP contribution in [-0.4, -0.2) is 34.2 Å². The maximum atomic E-state index is 13.4. The first kappa shape index (κ1) is 18.2. The third-order valence-electron chi connectivity index (χ3n) is 3.14. The van der Waals surface area contributed by atoms with E-state index in [0.717, 1.165) is 34.1 Å². The summed E-state index contributed by atoms with van der Waals surface area (Å²) in [6.45, 7) is -0.648. The van der Waals surface area contributed by atoms with Crippen molar-refractivity contribution in [2.24, 2.45) is 0 Å². The van der Waals surface area contributed by atoms with Gasteiger partial charge in [-0.2, -0.15) is 0 Å². The molecule has 26 heavy (non-hydrogen) atoms. The average molecular weight is 395 g/mol. The predicted octanol–water partition coefficient (Wildman–Crippen LogP) is 3.24. The number of thioether (sulfide) groups is 1. The minimum absolute atomic E-state index is 0.0662. The van der Waals surface area contributed by atoms with Crippen LogP contribution >= 0.6 is 23.1 Å². The normalized spacial score (nSPS) is 10.7. The number of nitrogens with one attached hydrogen (secondary N) is 1. The topological polar surface area (TPSA) is 81.2 Å². The Labute approximate surface area is 154 Å². The summed E-state index contributed by atoms with van der Waals surface area (Å²) in [5, 5.41) is 5.37. The van der Waals surface area contributed by atoms with E-state index in [9.17, 15) is 18.4 Å². The Morgan fingerprint density at radius 3 is 2.73 bits per heavy atom. The number of thiophene rings is 1. The SMILES string of the molecule is O=C(COC(=O)CSc1ncnc2sccc12)Nc1c(F)cccc1F. The minimum Gasteiger partial charge on any atom is -0.455 e. The number of esters is 1. The lowest BCUT2D eigenvalue weighted by molar-refractivity contribution is -0.144. The van der Waals surface area contributed by atoms with E-state index in [2.05, 4.69) is 9.97 Å². The molecule has 0 aliphatic rings. The van der Waals surface area contributed by atoms with Crippen LogP contribution in [0.25, 0.3) is 10.2 Å². The lowest BCUT2D eigenvalue weighted by atomic mass is 10.3. The number of carbonyl (C=O) groups is 2. The lowest BCUT2D eigenvalue weighted by Crippen LogP contribution is -2.22. The molecule has 1 N–H and O–H groups in total. The van der Waals surface area contributed by atoms with E-state index in [-0.39, 0.29) is 5.75 Å². The van der Waals surface area contributed by atoms with Gasteiger partial charge in [0.25, 0.3) is 5.91 Å². The average Bonchev–Trinajstić information content (AvgIpc) is 3.10. The zero-order valence-electron chi connectivity index (χ0n) is 13.1. The maximum absolute atomic E-state index is 13.4. The Kier molecular flexibility index (Phi) is 5.74. The van der Waals surface area contributed by atoms with E-state index in [0.29, 0.717) is 5.03 Å². The second kappa shape index (κ2) is 8.19. The summed E-state index contributed by atoms with van der Waals surface area (Å²) in [6, 6.07) is 5.04. The molecule has 6 nitrogen and oxygen atoms in total. The summed E-state index contributed by atoms with van der Waals surface area (Å²) in [6.07, 6.45) is 1.41. The van der Waals surface area contributed by atoms with Gasteiger partial charge in [0.2, 0.25) is 0 Å². The quantitative estimate of drug-likeness (QED) is 0.392. The van der Waals surface area contributed by atoms with Crippen molar-refractivity contribution in [2.75, 3.05) is 17.7 Å². The molecule has 1 aromatic carbocycles. The molecule has 0 saturated carbocycles. The molecule has 0 radical (unpaired) electrons. The highest BCUT2D eigenvalue weighted by Crippen LogP contribution is 2.27. The molecule has 2 aromatic heterocycles. The first-order valence-corrected chi connectivity index (χ1v) is 9.11. The van der Waals surface area contributed by atoms with Crippen molar-refractivity contribution < 1.29 is 23.1 Å². The van der Waals surface area contributed by atoms with Crippen molar-refractivity contribution in [1.29, 1.82) is 0 Å². The fraction of sp³-hybridized carbons (Fsp3) is 0.125. The molecule has 1 amide bonds. The second-order valence-electron chi connectivity index (χ2n) is 4.91. The fourth-order valence-electron chi connectivity index (χ4n) is 1.99. The zero-order valence-corrected chi connectivity index (χ0v) is 14.7. The number of rotatable bonds is 6. The molecule has 2 heterocycles. The highest BCUT2D eigenvalue weighted by molar-refractivity contribution is 8.00. The van der Waals surface area contributed by atoms with Gasteiger partial charge in [0.15, 0.2) is 6.61 Å². The van der Waals surface area contributed by atoms with E-state index in [1.807, 2.05) is 16.8 Å². The molecule has 0 spiro atoms. The Hall–Kier alpha value is -2.59. The van der Waals surface area contributed by atoms with E-state index in [4.69, 9.17) is 4.74 Å². The van der Waals surface area contributed by atoms with Gasteiger partial charge < -0.3 is 10.1 Å². The molecule has 10 heteroatoms. The van der Waals surface area contributed by atoms with Crippen LogP contribution in [0.1, 0.15) is 0 Å². The molecule has 3 rings (SSSR count). The lowest BCUT2D eigenvalue weighted by Gasteiger charge is -2.08. The third kappa shape index (κ3) is 4.33. The van der Waals surface area contributed by atoms with Crippen molar-refractivity contribution in [3.63, 3.8) is 0 Å². The highest BCUT2D eigenvalue weighted by atomic mass is 32.2. The first-order chi connectivity index (χ1) is 12.5. The molecule has 3 aromatic rings. The van der Waals surface area contributed by atoms with E-state index in [1.165, 1.54) is 23.7 Å². The number of para-hydroxylation sites is 1. The first-order valence-electron chi connectivity index (χ1n) is 7.25. The third-order valence-corrected chi connectivity index (χ3v) is 4.94. The van der Waals surface area contributed by atoms with Gasteiger partial charge in [0.1, 0.15) is 33.5 Å². The maximum Gasteiger partial charge on any atom is 0.316 e. The number of carbonyl (C=O) groups excluding carboxylic acids is 2. The van der Waals surface area contributed by atoms with Crippen LogP contribution < -0.4 is 5.32 Å². The Morgan fingerprint density at radius 2 is 1.96 bits per heavy atom. The smallest absolute Gasteiger partial charge is 0.316 e. The van der Waals surface area contributed by atoms with Crippen molar-refractivity contribution in [2.45, 2.75) is 5.03 Å². The van der Waals surface area contributed by atoms with E-state index >= 15 is 0 Å². The number of amides is 1. The summed E-state index contributed by atoms with van der Waals surface area (Å²) in [7, 11) is 0. The van der Waals surface area contributed by atoms with Crippen LogP contribution in [-0.2, 0) is 14.3 Å². The number of ether oxygens (including phenoxy) is 1. The molecule has 0 aliphatic carbocycles. The molecule has 0 bridgehead atoms. The van der Waals surface area contributed by atoms with Gasteiger partial charge in [0.05, 0.1) is 5.75 Å². The Bertz CT molecular complexity index is 945. The van der Waals surface area contributed by atoms with Gasteiger partial charge in [-0.25, -0.2) is 18.7 Å². The Morgan fingerprint density at radius 1 is 1.19 bits per heavy atom.